The Morgan fingerprint density at radius 1 is 1.10 bits per heavy atom. The van der Waals surface area contributed by atoms with Crippen LogP contribution in [0, 0.1) is 20.8 Å². The number of benzene rings is 1. The number of hydrogen-bond acceptors (Lipinski definition) is 7. The first kappa shape index (κ1) is 22.5. The molecule has 1 aromatic heterocycles. The SMILES string of the molecule is Cc1cc(NC(=O)[C@@H](C)SCC(=O)O[C@@H](C)C(=O)Nc2c(C)cccc2C)no1. The van der Waals surface area contributed by atoms with Gasteiger partial charge < -0.3 is 19.9 Å². The number of anilines is 2. The van der Waals surface area contributed by atoms with Crippen molar-refractivity contribution < 1.29 is 23.6 Å². The zero-order valence-electron chi connectivity index (χ0n) is 17.1. The van der Waals surface area contributed by atoms with Crippen LogP contribution in [0.4, 0.5) is 11.5 Å². The Morgan fingerprint density at radius 3 is 2.34 bits per heavy atom. The molecule has 29 heavy (non-hydrogen) atoms. The highest BCUT2D eigenvalue weighted by Crippen LogP contribution is 2.20. The molecule has 156 valence electrons. The van der Waals surface area contributed by atoms with Gasteiger partial charge in [-0.1, -0.05) is 23.4 Å². The number of para-hydroxylation sites is 1. The van der Waals surface area contributed by atoms with Gasteiger partial charge in [0, 0.05) is 11.8 Å². The summed E-state index contributed by atoms with van der Waals surface area (Å²) < 4.78 is 10.1. The van der Waals surface area contributed by atoms with Gasteiger partial charge in [0.15, 0.2) is 11.9 Å². The van der Waals surface area contributed by atoms with Crippen LogP contribution in [0.15, 0.2) is 28.8 Å². The van der Waals surface area contributed by atoms with Crippen LogP contribution in [0.2, 0.25) is 0 Å². The standard InChI is InChI=1S/C20H25N3O5S/c1-11-7-6-8-12(2)18(11)22-19(25)14(4)27-17(24)10-29-15(5)20(26)21-16-9-13(3)28-23-16/h6-9,14-15H,10H2,1-5H3,(H,22,25)(H,21,23,26)/t14-,15+/m0/s1. The molecule has 0 unspecified atom stereocenters. The number of thioether (sulfide) groups is 1. The van der Waals surface area contributed by atoms with E-state index in [9.17, 15) is 14.4 Å². The van der Waals surface area contributed by atoms with Gasteiger partial charge in [-0.2, -0.15) is 0 Å². The number of amides is 2. The molecule has 2 N–H and O–H groups in total. The predicted molar refractivity (Wildman–Crippen MR) is 112 cm³/mol. The largest absolute Gasteiger partial charge is 0.452 e. The van der Waals surface area contributed by atoms with Crippen LogP contribution in [0.3, 0.4) is 0 Å². The summed E-state index contributed by atoms with van der Waals surface area (Å²) in [5.74, 6) is -0.453. The number of aromatic nitrogens is 1. The van der Waals surface area contributed by atoms with Crippen LogP contribution in [-0.2, 0) is 19.1 Å². The summed E-state index contributed by atoms with van der Waals surface area (Å²) >= 11 is 1.10. The lowest BCUT2D eigenvalue weighted by Gasteiger charge is -2.16. The molecule has 0 bridgehead atoms. The first-order valence-corrected chi connectivity index (χ1v) is 10.1. The molecular weight excluding hydrogens is 394 g/mol. The van der Waals surface area contributed by atoms with Crippen molar-refractivity contribution in [2.75, 3.05) is 16.4 Å². The molecule has 1 heterocycles. The monoisotopic (exact) mass is 419 g/mol. The highest BCUT2D eigenvalue weighted by Gasteiger charge is 2.21. The van der Waals surface area contributed by atoms with Gasteiger partial charge in [-0.25, -0.2) is 0 Å². The molecule has 2 amide bonds. The third-order valence-corrected chi connectivity index (χ3v) is 5.22. The molecule has 0 aliphatic rings. The van der Waals surface area contributed by atoms with Gasteiger partial charge in [-0.3, -0.25) is 14.4 Å². The molecule has 2 rings (SSSR count). The van der Waals surface area contributed by atoms with Crippen LogP contribution in [0.1, 0.15) is 30.7 Å². The van der Waals surface area contributed by atoms with E-state index in [1.807, 2.05) is 32.0 Å². The van der Waals surface area contributed by atoms with Crippen LogP contribution < -0.4 is 10.6 Å². The number of rotatable bonds is 8. The molecule has 0 radical (unpaired) electrons. The quantitative estimate of drug-likeness (QED) is 0.632. The van der Waals surface area contributed by atoms with Crippen molar-refractivity contribution in [2.45, 2.75) is 46.0 Å². The fourth-order valence-corrected chi connectivity index (χ4v) is 3.11. The maximum absolute atomic E-state index is 12.3. The molecule has 0 saturated heterocycles. The van der Waals surface area contributed by atoms with E-state index in [1.54, 1.807) is 19.9 Å². The molecule has 2 aromatic rings. The summed E-state index contributed by atoms with van der Waals surface area (Å²) in [5.41, 5.74) is 2.56. The molecule has 2 atom stereocenters. The topological polar surface area (TPSA) is 111 Å². The van der Waals surface area contributed by atoms with Gasteiger partial charge in [-0.15, -0.1) is 11.8 Å². The second-order valence-electron chi connectivity index (χ2n) is 6.65. The van der Waals surface area contributed by atoms with Crippen molar-refractivity contribution in [3.05, 3.63) is 41.2 Å². The maximum Gasteiger partial charge on any atom is 0.316 e. The zero-order chi connectivity index (χ0) is 21.6. The van der Waals surface area contributed by atoms with Crippen molar-refractivity contribution in [3.8, 4) is 0 Å². The number of carbonyl (C=O) groups excluding carboxylic acids is 3. The molecule has 0 fully saturated rings. The first-order chi connectivity index (χ1) is 13.7. The van der Waals surface area contributed by atoms with E-state index < -0.39 is 23.2 Å². The predicted octanol–water partition coefficient (Wildman–Crippen LogP) is 3.23. The Bertz CT molecular complexity index is 876. The molecule has 0 spiro atoms. The van der Waals surface area contributed by atoms with E-state index in [1.165, 1.54) is 6.92 Å². The van der Waals surface area contributed by atoms with E-state index in [0.717, 1.165) is 22.9 Å². The Morgan fingerprint density at radius 2 is 1.76 bits per heavy atom. The van der Waals surface area contributed by atoms with Crippen molar-refractivity contribution in [1.29, 1.82) is 0 Å². The lowest BCUT2D eigenvalue weighted by Crippen LogP contribution is -2.31. The lowest BCUT2D eigenvalue weighted by molar-refractivity contribution is -0.150. The number of hydrogen-bond donors (Lipinski definition) is 2. The van der Waals surface area contributed by atoms with Gasteiger partial charge in [0.1, 0.15) is 5.76 Å². The smallest absolute Gasteiger partial charge is 0.316 e. The number of nitrogens with one attached hydrogen (secondary N) is 2. The molecule has 0 saturated carbocycles. The second kappa shape index (κ2) is 10.1. The van der Waals surface area contributed by atoms with E-state index in [0.29, 0.717) is 17.3 Å². The van der Waals surface area contributed by atoms with Crippen molar-refractivity contribution >= 4 is 41.1 Å². The Labute approximate surface area is 173 Å². The fourth-order valence-electron chi connectivity index (χ4n) is 2.44. The number of esters is 1. The summed E-state index contributed by atoms with van der Waals surface area (Å²) in [6, 6.07) is 7.29. The van der Waals surface area contributed by atoms with E-state index in [4.69, 9.17) is 9.26 Å². The summed E-state index contributed by atoms with van der Waals surface area (Å²) in [4.78, 5) is 36.5. The first-order valence-electron chi connectivity index (χ1n) is 9.09. The van der Waals surface area contributed by atoms with Crippen LogP contribution >= 0.6 is 11.8 Å². The summed E-state index contributed by atoms with van der Waals surface area (Å²) in [6.07, 6.45) is -0.954. The van der Waals surface area contributed by atoms with Crippen molar-refractivity contribution in [2.24, 2.45) is 0 Å². The van der Waals surface area contributed by atoms with Gasteiger partial charge in [0.25, 0.3) is 5.91 Å². The second-order valence-corrected chi connectivity index (χ2v) is 7.98. The molecule has 1 aromatic carbocycles. The van der Waals surface area contributed by atoms with Gasteiger partial charge >= 0.3 is 5.97 Å². The number of nitrogens with zero attached hydrogens (tertiary/aromatic N) is 1. The Balaban J connectivity index is 1.78. The Hall–Kier alpha value is -2.81. The highest BCUT2D eigenvalue weighted by atomic mass is 32.2. The summed E-state index contributed by atoms with van der Waals surface area (Å²) in [7, 11) is 0. The maximum atomic E-state index is 12.3. The minimum atomic E-state index is -0.954. The number of carbonyl (C=O) groups is 3. The molecule has 9 heteroatoms. The average molecular weight is 420 g/mol. The van der Waals surface area contributed by atoms with Crippen molar-refractivity contribution in [1.82, 2.24) is 5.16 Å². The third kappa shape index (κ3) is 6.63. The highest BCUT2D eigenvalue weighted by molar-refractivity contribution is 8.01. The minimum Gasteiger partial charge on any atom is -0.452 e. The van der Waals surface area contributed by atoms with Gasteiger partial charge in [0.05, 0.1) is 11.0 Å². The van der Waals surface area contributed by atoms with E-state index in [-0.39, 0.29) is 11.7 Å². The van der Waals surface area contributed by atoms with Crippen LogP contribution in [0.5, 0.6) is 0 Å². The zero-order valence-corrected chi connectivity index (χ0v) is 17.9. The summed E-state index contributed by atoms with van der Waals surface area (Å²) in [6.45, 7) is 8.67. The van der Waals surface area contributed by atoms with E-state index >= 15 is 0 Å². The van der Waals surface area contributed by atoms with Gasteiger partial charge in [-0.05, 0) is 45.7 Å². The molecule has 8 nitrogen and oxygen atoms in total. The number of ether oxygens (including phenoxy) is 1. The molecular formula is C20H25N3O5S. The van der Waals surface area contributed by atoms with Crippen LogP contribution in [-0.4, -0.2) is 40.0 Å². The van der Waals surface area contributed by atoms with Crippen LogP contribution in [0.25, 0.3) is 0 Å². The summed E-state index contributed by atoms with van der Waals surface area (Å²) in [5, 5.41) is 8.57. The molecule has 0 aliphatic heterocycles. The van der Waals surface area contributed by atoms with E-state index in [2.05, 4.69) is 15.8 Å². The fraction of sp³-hybridized carbons (Fsp3) is 0.400. The average Bonchev–Trinajstić information content (AvgIpc) is 3.07. The lowest BCUT2D eigenvalue weighted by atomic mass is 10.1. The normalized spacial score (nSPS) is 12.7. The van der Waals surface area contributed by atoms with Gasteiger partial charge in [0.2, 0.25) is 5.91 Å². The third-order valence-electron chi connectivity index (χ3n) is 4.11. The van der Waals surface area contributed by atoms with Crippen molar-refractivity contribution in [3.63, 3.8) is 0 Å². The minimum absolute atomic E-state index is 0.0621. The number of aryl methyl sites for hydroxylation is 3. The Kier molecular flexibility index (Phi) is 7.83. The molecule has 0 aliphatic carbocycles.